The Morgan fingerprint density at radius 3 is 2.32 bits per heavy atom. The molecular weight excluding hydrogens is 780 g/mol. The van der Waals surface area contributed by atoms with Gasteiger partial charge < -0.3 is 45.7 Å². The summed E-state index contributed by atoms with van der Waals surface area (Å²) >= 11 is 0. The molecule has 4 aromatic rings. The number of imidazole rings is 1. The number of aliphatic hydroxyl groups is 1. The number of aromatic nitrogens is 3. The summed E-state index contributed by atoms with van der Waals surface area (Å²) in [6.07, 6.45) is -4.36. The maximum atomic E-state index is 14.7. The maximum Gasteiger partial charge on any atom is 0.573 e. The molecule has 3 atom stereocenters. The molecule has 6 N–H and O–H groups in total. The van der Waals surface area contributed by atoms with Crippen molar-refractivity contribution < 1.29 is 51.3 Å². The summed E-state index contributed by atoms with van der Waals surface area (Å²) in [6, 6.07) is 11.5. The minimum absolute atomic E-state index is 0.0209. The third-order valence-corrected chi connectivity index (χ3v) is 9.56. The predicted molar refractivity (Wildman–Crippen MR) is 209 cm³/mol. The number of aliphatic hydroxyl groups excluding tert-OH is 1. The zero-order valence-corrected chi connectivity index (χ0v) is 32.9. The average molecular weight is 827 g/mol. The Bertz CT molecular complexity index is 2110. The lowest BCUT2D eigenvalue weighted by Crippen LogP contribution is -2.51. The first-order valence-corrected chi connectivity index (χ1v) is 18.6. The van der Waals surface area contributed by atoms with E-state index in [0.29, 0.717) is 35.0 Å². The molecule has 59 heavy (non-hydrogen) atoms. The minimum atomic E-state index is -5.07. The van der Waals surface area contributed by atoms with E-state index in [9.17, 15) is 41.8 Å². The maximum absolute atomic E-state index is 14.7. The Hall–Kier alpha value is -6.24. The summed E-state index contributed by atoms with van der Waals surface area (Å²) in [5.41, 5.74) is 0.718. The van der Waals surface area contributed by atoms with Crippen LogP contribution < -0.4 is 26.0 Å². The van der Waals surface area contributed by atoms with Gasteiger partial charge in [-0.1, -0.05) is 38.1 Å². The molecule has 2 aromatic heterocycles. The van der Waals surface area contributed by atoms with Crippen molar-refractivity contribution in [1.82, 2.24) is 30.5 Å². The highest BCUT2D eigenvalue weighted by molar-refractivity contribution is 6.05. The summed E-state index contributed by atoms with van der Waals surface area (Å²) in [7, 11) is 1.18. The van der Waals surface area contributed by atoms with Crippen LogP contribution >= 0.6 is 0 Å². The standard InChI is InChI=1S/C40H46F4N8O7/c1-22(2)33(51-38(57)58-5)36(55)52-20-26(41)17-30(52)34-48-19-29(50-34)24-8-6-23(7-9-24)28-12-10-25(16-31(28)59-40(42,43)44)35(54)49-27-11-13-32(47-18-27)45-14-15-46-37(56)39(3,4)21-53/h6-13,16,18-19,22,26,30,33,53H,14-15,17,20-21H2,1-5H3,(H,45,47)(H,46,56)(H,48,50)(H,49,54)(H,51,57)/t26-,30+,33+/m1/s1. The third kappa shape index (κ3) is 11.2. The topological polar surface area (TPSA) is 200 Å². The smallest absolute Gasteiger partial charge is 0.453 e. The Labute approximate surface area is 337 Å². The SMILES string of the molecule is COC(=O)N[C@H](C(=O)N1C[C@H](F)C[C@H]1c1ncc(-c2ccc(-c3ccc(C(=O)Nc4ccc(NCCNC(=O)C(C)(C)CO)nc4)cc3OC(F)(F)F)cc2)[nH]1)C(C)C. The fraction of sp³-hybridized carbons (Fsp3) is 0.400. The number of carbonyl (C=O) groups is 4. The zero-order chi connectivity index (χ0) is 43.1. The number of anilines is 2. The van der Waals surface area contributed by atoms with Crippen LogP contribution in [0.1, 0.15) is 56.3 Å². The molecule has 0 unspecified atom stereocenters. The summed E-state index contributed by atoms with van der Waals surface area (Å²) < 4.78 is 64.5. The molecule has 5 rings (SSSR count). The van der Waals surface area contributed by atoms with Crippen LogP contribution in [0.25, 0.3) is 22.4 Å². The average Bonchev–Trinajstić information content (AvgIpc) is 3.85. The van der Waals surface area contributed by atoms with Crippen molar-refractivity contribution in [3.8, 4) is 28.1 Å². The van der Waals surface area contributed by atoms with Crippen LogP contribution in [0.4, 0.5) is 33.9 Å². The van der Waals surface area contributed by atoms with E-state index in [1.807, 2.05) is 0 Å². The number of hydrogen-bond donors (Lipinski definition) is 6. The molecule has 19 heteroatoms. The van der Waals surface area contributed by atoms with Gasteiger partial charge in [-0.05, 0) is 61.2 Å². The molecule has 0 spiro atoms. The second-order valence-electron chi connectivity index (χ2n) is 14.8. The molecular formula is C40H46F4N8O7. The highest BCUT2D eigenvalue weighted by Crippen LogP contribution is 2.37. The highest BCUT2D eigenvalue weighted by atomic mass is 19.4. The first-order chi connectivity index (χ1) is 27.9. The number of likely N-dealkylation sites (tertiary alicyclic amines) is 1. The lowest BCUT2D eigenvalue weighted by atomic mass is 9.94. The second-order valence-corrected chi connectivity index (χ2v) is 14.8. The monoisotopic (exact) mass is 826 g/mol. The Kier molecular flexibility index (Phi) is 13.8. The van der Waals surface area contributed by atoms with Crippen LogP contribution in [-0.2, 0) is 14.3 Å². The number of hydrogen-bond acceptors (Lipinski definition) is 10. The third-order valence-electron chi connectivity index (χ3n) is 9.56. The van der Waals surface area contributed by atoms with Gasteiger partial charge in [0.15, 0.2) is 0 Å². The summed E-state index contributed by atoms with van der Waals surface area (Å²) in [6.45, 7) is 6.81. The van der Waals surface area contributed by atoms with Crippen LogP contribution in [0.15, 0.2) is 67.0 Å². The summed E-state index contributed by atoms with van der Waals surface area (Å²) in [5.74, 6) is -1.68. The van der Waals surface area contributed by atoms with Crippen LogP contribution in [-0.4, -0.2) is 101 Å². The van der Waals surface area contributed by atoms with Crippen molar-refractivity contribution in [3.05, 3.63) is 78.4 Å². The van der Waals surface area contributed by atoms with Gasteiger partial charge in [-0.3, -0.25) is 14.4 Å². The number of alkyl halides is 4. The molecule has 1 aliphatic rings. The molecule has 3 heterocycles. The van der Waals surface area contributed by atoms with Gasteiger partial charge in [-0.2, -0.15) is 0 Å². The van der Waals surface area contributed by atoms with E-state index in [1.54, 1.807) is 64.1 Å². The van der Waals surface area contributed by atoms with Crippen molar-refractivity contribution >= 4 is 35.3 Å². The first kappa shape index (κ1) is 43.9. The van der Waals surface area contributed by atoms with Crippen molar-refractivity contribution in [1.29, 1.82) is 0 Å². The van der Waals surface area contributed by atoms with E-state index < -0.39 is 53.7 Å². The molecule has 1 fully saturated rings. The van der Waals surface area contributed by atoms with E-state index in [2.05, 4.69) is 45.7 Å². The zero-order valence-electron chi connectivity index (χ0n) is 32.9. The highest BCUT2D eigenvalue weighted by Gasteiger charge is 2.42. The van der Waals surface area contributed by atoms with Crippen LogP contribution in [0, 0.1) is 11.3 Å². The number of methoxy groups -OCH3 is 1. The lowest BCUT2D eigenvalue weighted by Gasteiger charge is -2.29. The molecule has 4 amide bonds. The number of nitrogens with zero attached hydrogens (tertiary/aromatic N) is 3. The van der Waals surface area contributed by atoms with Gasteiger partial charge in [-0.15, -0.1) is 13.2 Å². The van der Waals surface area contributed by atoms with Crippen molar-refractivity contribution in [2.24, 2.45) is 11.3 Å². The van der Waals surface area contributed by atoms with Crippen molar-refractivity contribution in [2.75, 3.05) is 44.0 Å². The van der Waals surface area contributed by atoms with Crippen molar-refractivity contribution in [3.63, 3.8) is 0 Å². The fourth-order valence-electron chi connectivity index (χ4n) is 6.21. The first-order valence-electron chi connectivity index (χ1n) is 18.6. The number of benzene rings is 2. The molecule has 0 bridgehead atoms. The molecule has 316 valence electrons. The molecule has 1 saturated heterocycles. The van der Waals surface area contributed by atoms with Gasteiger partial charge in [-0.25, -0.2) is 19.2 Å². The van der Waals surface area contributed by atoms with Crippen LogP contribution in [0.5, 0.6) is 5.75 Å². The lowest BCUT2D eigenvalue weighted by molar-refractivity contribution is -0.274. The molecule has 0 saturated carbocycles. The van der Waals surface area contributed by atoms with Gasteiger partial charge in [0, 0.05) is 30.6 Å². The summed E-state index contributed by atoms with van der Waals surface area (Å²) in [5, 5.41) is 20.1. The number of carbonyl (C=O) groups excluding carboxylic acids is 4. The van der Waals surface area contributed by atoms with Gasteiger partial charge in [0.05, 0.1) is 55.5 Å². The van der Waals surface area contributed by atoms with E-state index >= 15 is 0 Å². The largest absolute Gasteiger partial charge is 0.573 e. The number of alkyl carbamates (subject to hydrolysis) is 1. The molecule has 15 nitrogen and oxygen atoms in total. The van der Waals surface area contributed by atoms with Gasteiger partial charge in [0.25, 0.3) is 5.91 Å². The molecule has 1 aliphatic heterocycles. The van der Waals surface area contributed by atoms with Gasteiger partial charge in [0.2, 0.25) is 11.8 Å². The molecule has 0 radical (unpaired) electrons. The number of halogens is 4. The minimum Gasteiger partial charge on any atom is -0.453 e. The Balaban J connectivity index is 1.26. The van der Waals surface area contributed by atoms with Crippen molar-refractivity contribution in [2.45, 2.75) is 58.7 Å². The number of H-pyrrole nitrogens is 1. The number of pyridine rings is 1. The molecule has 0 aliphatic carbocycles. The number of aromatic amines is 1. The summed E-state index contributed by atoms with van der Waals surface area (Å²) in [4.78, 5) is 63.7. The van der Waals surface area contributed by atoms with Gasteiger partial charge >= 0.3 is 12.5 Å². The fourth-order valence-corrected chi connectivity index (χ4v) is 6.21. The number of amides is 4. The van der Waals surface area contributed by atoms with E-state index in [1.165, 1.54) is 36.5 Å². The quantitative estimate of drug-likeness (QED) is 0.0626. The van der Waals surface area contributed by atoms with E-state index in [-0.39, 0.29) is 54.8 Å². The predicted octanol–water partition coefficient (Wildman–Crippen LogP) is 5.83. The molecule has 2 aromatic carbocycles. The Morgan fingerprint density at radius 1 is 0.983 bits per heavy atom. The normalized spacial score (nSPS) is 16.0. The Morgan fingerprint density at radius 2 is 1.69 bits per heavy atom. The number of ether oxygens (including phenoxy) is 2. The number of rotatable bonds is 15. The number of nitrogens with one attached hydrogen (secondary N) is 5. The second kappa shape index (κ2) is 18.6. The van der Waals surface area contributed by atoms with E-state index in [0.717, 1.165) is 6.07 Å². The van der Waals surface area contributed by atoms with Crippen LogP contribution in [0.2, 0.25) is 0 Å². The van der Waals surface area contributed by atoms with Gasteiger partial charge in [0.1, 0.15) is 29.6 Å². The van der Waals surface area contributed by atoms with Crippen LogP contribution in [0.3, 0.4) is 0 Å². The van der Waals surface area contributed by atoms with E-state index in [4.69, 9.17) is 0 Å².